The zero-order valence-electron chi connectivity index (χ0n) is 16.0. The second-order valence-electron chi connectivity index (χ2n) is 6.27. The number of anilines is 1. The molecule has 0 aliphatic heterocycles. The standard InChI is InChI=1S/C20H27N3O3S/c1-4-16(23-26-6-3)19-17(24)11-14(12-18(19)25)13-7-9-15(10-8-13)22-20(27)21-5-2/h7-10,14,24H,4-6,11-12H2,1-3H3,(H2,21,22,27). The van der Waals surface area contributed by atoms with Crippen molar-refractivity contribution in [1.82, 2.24) is 5.32 Å². The summed E-state index contributed by atoms with van der Waals surface area (Å²) in [5.41, 5.74) is 2.71. The fourth-order valence-corrected chi connectivity index (χ4v) is 3.32. The Hall–Kier alpha value is -2.41. The fourth-order valence-electron chi connectivity index (χ4n) is 3.06. The number of ketones is 1. The molecule has 0 bridgehead atoms. The Bertz CT molecular complexity index is 741. The SMILES string of the molecule is CCNC(=S)Nc1ccc(C2CC(=O)C(C(CC)=NOCC)=C(O)C2)cc1. The molecule has 1 aliphatic carbocycles. The number of Topliss-reactive ketones (excluding diaryl/α,β-unsaturated/α-hetero) is 1. The summed E-state index contributed by atoms with van der Waals surface area (Å²) in [4.78, 5) is 17.7. The van der Waals surface area contributed by atoms with Crippen molar-refractivity contribution in [1.29, 1.82) is 0 Å². The molecule has 3 N–H and O–H groups in total. The minimum absolute atomic E-state index is 0.0544. The molecule has 1 unspecified atom stereocenters. The van der Waals surface area contributed by atoms with Gasteiger partial charge in [-0.15, -0.1) is 0 Å². The summed E-state index contributed by atoms with van der Waals surface area (Å²) in [6.45, 7) is 6.88. The van der Waals surface area contributed by atoms with E-state index < -0.39 is 0 Å². The number of nitrogens with one attached hydrogen (secondary N) is 2. The second kappa shape index (κ2) is 10.1. The summed E-state index contributed by atoms with van der Waals surface area (Å²) in [5, 5.41) is 21.2. The maximum absolute atomic E-state index is 12.6. The van der Waals surface area contributed by atoms with E-state index in [1.807, 2.05) is 45.0 Å². The minimum atomic E-state index is -0.0976. The summed E-state index contributed by atoms with van der Waals surface area (Å²) >= 11 is 5.18. The molecule has 1 aliphatic rings. The number of aliphatic hydroxyl groups is 1. The van der Waals surface area contributed by atoms with Crippen LogP contribution < -0.4 is 10.6 Å². The van der Waals surface area contributed by atoms with Crippen LogP contribution in [0.25, 0.3) is 0 Å². The molecule has 0 radical (unpaired) electrons. The summed E-state index contributed by atoms with van der Waals surface area (Å²) < 4.78 is 0. The van der Waals surface area contributed by atoms with Gasteiger partial charge in [-0.05, 0) is 56.1 Å². The van der Waals surface area contributed by atoms with Crippen LogP contribution in [0.3, 0.4) is 0 Å². The molecule has 1 aromatic rings. The van der Waals surface area contributed by atoms with Crippen molar-refractivity contribution in [2.75, 3.05) is 18.5 Å². The highest BCUT2D eigenvalue weighted by atomic mass is 32.1. The molecule has 0 amide bonds. The Morgan fingerprint density at radius 2 is 1.96 bits per heavy atom. The molecular formula is C20H27N3O3S. The lowest BCUT2D eigenvalue weighted by molar-refractivity contribution is -0.116. The molecule has 2 rings (SSSR count). The Balaban J connectivity index is 2.14. The van der Waals surface area contributed by atoms with Gasteiger partial charge in [0.25, 0.3) is 0 Å². The Kier molecular flexibility index (Phi) is 7.79. The second-order valence-corrected chi connectivity index (χ2v) is 6.67. The fraction of sp³-hybridized carbons (Fsp3) is 0.450. The van der Waals surface area contributed by atoms with E-state index in [1.54, 1.807) is 0 Å². The van der Waals surface area contributed by atoms with Crippen molar-refractivity contribution in [2.45, 2.75) is 46.0 Å². The Labute approximate surface area is 165 Å². The van der Waals surface area contributed by atoms with Crippen LogP contribution in [0.5, 0.6) is 0 Å². The van der Waals surface area contributed by atoms with Crippen LogP contribution in [0.1, 0.15) is 51.5 Å². The zero-order valence-corrected chi connectivity index (χ0v) is 16.9. The quantitative estimate of drug-likeness (QED) is 0.371. The first kappa shape index (κ1) is 20.9. The summed E-state index contributed by atoms with van der Waals surface area (Å²) in [6, 6.07) is 7.77. The van der Waals surface area contributed by atoms with Gasteiger partial charge >= 0.3 is 0 Å². The average molecular weight is 390 g/mol. The third-order valence-electron chi connectivity index (χ3n) is 4.34. The first-order valence-electron chi connectivity index (χ1n) is 9.29. The number of carbonyl (C=O) groups is 1. The molecular weight excluding hydrogens is 362 g/mol. The van der Waals surface area contributed by atoms with Gasteiger partial charge in [0.2, 0.25) is 0 Å². The number of allylic oxidation sites excluding steroid dienone is 2. The van der Waals surface area contributed by atoms with Gasteiger partial charge < -0.3 is 20.6 Å². The van der Waals surface area contributed by atoms with Crippen molar-refractivity contribution in [2.24, 2.45) is 5.16 Å². The highest BCUT2D eigenvalue weighted by molar-refractivity contribution is 7.80. The number of aliphatic hydroxyl groups excluding tert-OH is 1. The third kappa shape index (κ3) is 5.53. The molecule has 0 saturated carbocycles. The van der Waals surface area contributed by atoms with Gasteiger partial charge in [0, 0.05) is 25.1 Å². The minimum Gasteiger partial charge on any atom is -0.511 e. The molecule has 6 nitrogen and oxygen atoms in total. The van der Waals surface area contributed by atoms with E-state index in [0.29, 0.717) is 42.3 Å². The molecule has 7 heteroatoms. The topological polar surface area (TPSA) is 83.0 Å². The van der Waals surface area contributed by atoms with Crippen molar-refractivity contribution in [3.8, 4) is 0 Å². The number of nitrogens with zero attached hydrogens (tertiary/aromatic N) is 1. The van der Waals surface area contributed by atoms with Gasteiger partial charge in [0.05, 0.1) is 11.3 Å². The van der Waals surface area contributed by atoms with Crippen LogP contribution in [0, 0.1) is 0 Å². The van der Waals surface area contributed by atoms with E-state index in [-0.39, 0.29) is 17.5 Å². The molecule has 0 spiro atoms. The van der Waals surface area contributed by atoms with E-state index in [2.05, 4.69) is 15.8 Å². The lowest BCUT2D eigenvalue weighted by atomic mass is 9.81. The molecule has 0 saturated heterocycles. The predicted octanol–water partition coefficient (Wildman–Crippen LogP) is 4.05. The van der Waals surface area contributed by atoms with Gasteiger partial charge in [-0.25, -0.2) is 0 Å². The molecule has 0 aromatic heterocycles. The van der Waals surface area contributed by atoms with Crippen molar-refractivity contribution < 1.29 is 14.7 Å². The largest absolute Gasteiger partial charge is 0.511 e. The van der Waals surface area contributed by atoms with Crippen LogP contribution in [0.4, 0.5) is 5.69 Å². The molecule has 0 heterocycles. The third-order valence-corrected chi connectivity index (χ3v) is 4.59. The molecule has 1 atom stereocenters. The van der Waals surface area contributed by atoms with E-state index in [0.717, 1.165) is 17.8 Å². The summed E-state index contributed by atoms with van der Waals surface area (Å²) in [6.07, 6.45) is 1.28. The normalized spacial score (nSPS) is 17.7. The Morgan fingerprint density at radius 3 is 2.52 bits per heavy atom. The van der Waals surface area contributed by atoms with Gasteiger partial charge in [0.15, 0.2) is 10.9 Å². The smallest absolute Gasteiger partial charge is 0.170 e. The van der Waals surface area contributed by atoms with Crippen LogP contribution in [-0.4, -0.2) is 34.9 Å². The van der Waals surface area contributed by atoms with E-state index in [1.165, 1.54) is 0 Å². The molecule has 146 valence electrons. The zero-order chi connectivity index (χ0) is 19.8. The highest BCUT2D eigenvalue weighted by Crippen LogP contribution is 2.34. The average Bonchev–Trinajstić information content (AvgIpc) is 2.64. The first-order valence-corrected chi connectivity index (χ1v) is 9.70. The van der Waals surface area contributed by atoms with Crippen LogP contribution in [-0.2, 0) is 9.63 Å². The Morgan fingerprint density at radius 1 is 1.26 bits per heavy atom. The van der Waals surface area contributed by atoms with Crippen LogP contribution >= 0.6 is 12.2 Å². The van der Waals surface area contributed by atoms with Crippen molar-refractivity contribution in [3.63, 3.8) is 0 Å². The lowest BCUT2D eigenvalue weighted by Gasteiger charge is -2.24. The maximum atomic E-state index is 12.6. The predicted molar refractivity (Wildman–Crippen MR) is 112 cm³/mol. The molecule has 27 heavy (non-hydrogen) atoms. The van der Waals surface area contributed by atoms with Crippen molar-refractivity contribution in [3.05, 3.63) is 41.2 Å². The van der Waals surface area contributed by atoms with Crippen molar-refractivity contribution >= 4 is 34.5 Å². The van der Waals surface area contributed by atoms with E-state index >= 15 is 0 Å². The first-order chi connectivity index (χ1) is 13.0. The van der Waals surface area contributed by atoms with E-state index in [9.17, 15) is 9.90 Å². The van der Waals surface area contributed by atoms with Gasteiger partial charge in [-0.1, -0.05) is 24.2 Å². The van der Waals surface area contributed by atoms with Gasteiger partial charge in [0.1, 0.15) is 12.4 Å². The number of hydrogen-bond acceptors (Lipinski definition) is 5. The summed E-state index contributed by atoms with van der Waals surface area (Å²) in [5.74, 6) is -0.0622. The van der Waals surface area contributed by atoms with Gasteiger partial charge in [-0.3, -0.25) is 4.79 Å². The number of hydrogen-bond donors (Lipinski definition) is 3. The van der Waals surface area contributed by atoms with E-state index in [4.69, 9.17) is 17.1 Å². The lowest BCUT2D eigenvalue weighted by Crippen LogP contribution is -2.27. The molecule has 0 fully saturated rings. The number of thiocarbonyl (C=S) groups is 1. The highest BCUT2D eigenvalue weighted by Gasteiger charge is 2.31. The number of carbonyl (C=O) groups excluding carboxylic acids is 1. The molecule has 1 aromatic carbocycles. The van der Waals surface area contributed by atoms with Gasteiger partial charge in [-0.2, -0.15) is 0 Å². The summed E-state index contributed by atoms with van der Waals surface area (Å²) in [7, 11) is 0. The number of oxime groups is 1. The number of rotatable bonds is 7. The maximum Gasteiger partial charge on any atom is 0.170 e. The monoisotopic (exact) mass is 389 g/mol. The van der Waals surface area contributed by atoms with Crippen LogP contribution in [0.2, 0.25) is 0 Å². The number of benzene rings is 1. The van der Waals surface area contributed by atoms with Crippen LogP contribution in [0.15, 0.2) is 40.8 Å².